The monoisotopic (exact) mass is 634 g/mol. The number of rotatable bonds is 0. The van der Waals surface area contributed by atoms with Crippen LogP contribution in [0.25, 0.3) is 44.2 Å². The average molecular weight is 635 g/mol. The molecule has 0 saturated heterocycles. The predicted molar refractivity (Wildman–Crippen MR) is 199 cm³/mol. The van der Waals surface area contributed by atoms with Gasteiger partial charge in [-0.25, -0.2) is 0 Å². The van der Waals surface area contributed by atoms with Crippen molar-refractivity contribution in [2.24, 2.45) is 0 Å². The second kappa shape index (κ2) is 10.2. The third kappa shape index (κ3) is 3.78. The van der Waals surface area contributed by atoms with Gasteiger partial charge in [0.1, 0.15) is 5.58 Å². The Morgan fingerprint density at radius 1 is 0.469 bits per heavy atom. The van der Waals surface area contributed by atoms with Crippen molar-refractivity contribution in [2.75, 3.05) is 0 Å². The van der Waals surface area contributed by atoms with Gasteiger partial charge in [0.15, 0.2) is 11.3 Å². The van der Waals surface area contributed by atoms with E-state index in [1.807, 2.05) is 6.07 Å². The first-order chi connectivity index (χ1) is 24.2. The molecule has 5 bridgehead atoms. The maximum Gasteiger partial charge on any atom is 0.177 e. The average Bonchev–Trinajstić information content (AvgIpc) is 3.49. The fourth-order valence-corrected chi connectivity index (χ4v) is 11.2. The maximum atomic E-state index is 11.4. The van der Waals surface area contributed by atoms with Gasteiger partial charge in [0, 0.05) is 22.1 Å². The Kier molecular flexibility index (Phi) is 5.80. The molecule has 5 unspecified atom stereocenters. The van der Waals surface area contributed by atoms with Crippen LogP contribution in [0, 0.1) is 0 Å². The lowest BCUT2D eigenvalue weighted by Crippen LogP contribution is -2.39. The van der Waals surface area contributed by atoms with Gasteiger partial charge in [-0.05, 0) is 124 Å². The van der Waals surface area contributed by atoms with Gasteiger partial charge in [-0.15, -0.1) is 0 Å². The molecule has 49 heavy (non-hydrogen) atoms. The predicted octanol–water partition coefficient (Wildman–Crippen LogP) is 12.3. The number of hydrogen-bond donors (Lipinski definition) is 1. The Bertz CT molecular complexity index is 2470. The van der Waals surface area contributed by atoms with Crippen molar-refractivity contribution in [3.8, 4) is 28.0 Å². The molecule has 1 spiro atoms. The highest BCUT2D eigenvalue weighted by molar-refractivity contribution is 6.11. The first-order valence-corrected chi connectivity index (χ1v) is 18.2. The van der Waals surface area contributed by atoms with Gasteiger partial charge in [0.25, 0.3) is 0 Å². The van der Waals surface area contributed by atoms with Gasteiger partial charge >= 0.3 is 0 Å². The van der Waals surface area contributed by atoms with Crippen LogP contribution in [-0.4, -0.2) is 5.11 Å². The molecule has 5 atom stereocenters. The number of furan rings is 1. The summed E-state index contributed by atoms with van der Waals surface area (Å²) in [6.45, 7) is 0. The molecule has 238 valence electrons. The second-order valence-corrected chi connectivity index (χ2v) is 15.3. The summed E-state index contributed by atoms with van der Waals surface area (Å²) >= 11 is 0. The molecule has 1 N–H and O–H groups in total. The van der Waals surface area contributed by atoms with Crippen LogP contribution in [0.5, 0.6) is 5.75 Å². The zero-order valence-electron chi connectivity index (χ0n) is 27.5. The third-order valence-electron chi connectivity index (χ3n) is 13.1. The molecule has 1 heterocycles. The molecular weight excluding hydrogens is 597 g/mol. The molecule has 2 nitrogen and oxygen atoms in total. The summed E-state index contributed by atoms with van der Waals surface area (Å²) in [5.41, 5.74) is 15.3. The van der Waals surface area contributed by atoms with E-state index in [1.165, 1.54) is 61.0 Å². The minimum absolute atomic E-state index is 0.0768. The van der Waals surface area contributed by atoms with Crippen LogP contribution in [0.2, 0.25) is 0 Å². The van der Waals surface area contributed by atoms with Crippen LogP contribution in [0.1, 0.15) is 95.6 Å². The van der Waals surface area contributed by atoms with E-state index >= 15 is 0 Å². The lowest BCUT2D eigenvalue weighted by molar-refractivity contribution is 0.253. The van der Waals surface area contributed by atoms with E-state index in [0.29, 0.717) is 23.3 Å². The van der Waals surface area contributed by atoms with Crippen molar-refractivity contribution < 1.29 is 9.52 Å². The molecule has 0 radical (unpaired) electrons. The lowest BCUT2D eigenvalue weighted by Gasteiger charge is -2.48. The number of benzene rings is 6. The van der Waals surface area contributed by atoms with Crippen LogP contribution in [-0.2, 0) is 5.41 Å². The number of fused-ring (bicyclic) bond motifs is 5. The Morgan fingerprint density at radius 2 is 0.959 bits per heavy atom. The lowest BCUT2D eigenvalue weighted by atomic mass is 9.54. The van der Waals surface area contributed by atoms with E-state index in [1.54, 1.807) is 0 Å². The molecule has 5 aliphatic carbocycles. The topological polar surface area (TPSA) is 33.4 Å². The summed E-state index contributed by atoms with van der Waals surface area (Å²) < 4.78 is 6.65. The van der Waals surface area contributed by atoms with Gasteiger partial charge in [-0.2, -0.15) is 0 Å². The van der Waals surface area contributed by atoms with Gasteiger partial charge in [0.2, 0.25) is 0 Å². The summed E-state index contributed by atoms with van der Waals surface area (Å²) in [4.78, 5) is 0. The van der Waals surface area contributed by atoms with E-state index in [-0.39, 0.29) is 17.1 Å². The van der Waals surface area contributed by atoms with Crippen LogP contribution in [0.4, 0.5) is 0 Å². The van der Waals surface area contributed by atoms with Crippen molar-refractivity contribution in [3.63, 3.8) is 0 Å². The largest absolute Gasteiger partial charge is 0.504 e. The highest BCUT2D eigenvalue weighted by Gasteiger charge is 2.51. The fraction of sp³-hybridized carbons (Fsp3) is 0.234. The maximum absolute atomic E-state index is 11.4. The molecule has 0 aliphatic heterocycles. The molecule has 1 fully saturated rings. The quantitative estimate of drug-likeness (QED) is 0.180. The molecule has 1 aromatic heterocycles. The number of phenolic OH excluding ortho intramolecular Hbond substituents is 1. The van der Waals surface area contributed by atoms with Crippen molar-refractivity contribution in [1.29, 1.82) is 0 Å². The van der Waals surface area contributed by atoms with Crippen molar-refractivity contribution in [2.45, 2.75) is 67.6 Å². The molecule has 0 amide bonds. The Hall–Kier alpha value is -5.08. The van der Waals surface area contributed by atoms with E-state index in [4.69, 9.17) is 4.42 Å². The smallest absolute Gasteiger partial charge is 0.177 e. The summed E-state index contributed by atoms with van der Waals surface area (Å²) in [6, 6.07) is 48.2. The Morgan fingerprint density at radius 3 is 1.59 bits per heavy atom. The number of aromatic hydroxyl groups is 1. The first kappa shape index (κ1) is 27.8. The SMILES string of the molecule is Oc1ccc2c3c1oc1cccc(c13)C1CCC3CCC4CC2(C1)C(c1ccccc1-c1ccccc13)c1ccccc1-c1ccccc14. The zero-order valence-corrected chi connectivity index (χ0v) is 27.5. The Labute approximate surface area is 287 Å². The summed E-state index contributed by atoms with van der Waals surface area (Å²) in [5.74, 6) is 1.50. The van der Waals surface area contributed by atoms with Crippen molar-refractivity contribution >= 4 is 21.9 Å². The van der Waals surface area contributed by atoms with Gasteiger partial charge in [-0.1, -0.05) is 115 Å². The summed E-state index contributed by atoms with van der Waals surface area (Å²) in [7, 11) is 0. The van der Waals surface area contributed by atoms with Crippen LogP contribution in [0.3, 0.4) is 0 Å². The number of hydrogen-bond acceptors (Lipinski definition) is 2. The number of phenols is 1. The van der Waals surface area contributed by atoms with Gasteiger partial charge < -0.3 is 9.52 Å². The molecule has 2 heteroatoms. The first-order valence-electron chi connectivity index (χ1n) is 18.2. The third-order valence-corrected chi connectivity index (χ3v) is 13.1. The molecule has 12 rings (SSSR count). The molecule has 5 aliphatic rings. The van der Waals surface area contributed by atoms with Gasteiger partial charge in [0.05, 0.1) is 0 Å². The van der Waals surface area contributed by atoms with Crippen molar-refractivity contribution in [1.82, 2.24) is 0 Å². The highest BCUT2D eigenvalue weighted by atomic mass is 16.4. The van der Waals surface area contributed by atoms with Crippen LogP contribution < -0.4 is 0 Å². The van der Waals surface area contributed by atoms with E-state index in [0.717, 1.165) is 49.5 Å². The fourth-order valence-electron chi connectivity index (χ4n) is 11.2. The molecular formula is C47H38O2. The highest BCUT2D eigenvalue weighted by Crippen LogP contribution is 2.64. The van der Waals surface area contributed by atoms with E-state index < -0.39 is 0 Å². The van der Waals surface area contributed by atoms with E-state index in [2.05, 4.69) is 121 Å². The van der Waals surface area contributed by atoms with Crippen molar-refractivity contribution in [3.05, 3.63) is 161 Å². The minimum Gasteiger partial charge on any atom is -0.504 e. The second-order valence-electron chi connectivity index (χ2n) is 15.3. The summed E-state index contributed by atoms with van der Waals surface area (Å²) in [5, 5.41) is 13.8. The normalized spacial score (nSPS) is 24.8. The minimum atomic E-state index is -0.275. The Balaban J connectivity index is 1.38. The molecule has 7 aromatic rings. The molecule has 6 aromatic carbocycles. The summed E-state index contributed by atoms with van der Waals surface area (Å²) in [6.07, 6.45) is 6.67. The van der Waals surface area contributed by atoms with E-state index in [9.17, 15) is 5.11 Å². The van der Waals surface area contributed by atoms with Crippen LogP contribution in [0.15, 0.2) is 132 Å². The van der Waals surface area contributed by atoms with Crippen LogP contribution >= 0.6 is 0 Å². The molecule has 1 saturated carbocycles. The standard InChI is InChI=1S/C47H38O2/c48-41-25-24-40-44-43-33(18-9-19-42(43)49-46(41)44)30-23-21-28-20-22-29-26-47(40,27-30)45(38-16-7-5-14-36(38)34-12-3-1-10-31(28)34)39-17-8-6-15-37(39)35-13-4-2-11-32(29)35/h1-19,24-25,28-30,45,48H,20-23,26-27H2. The van der Waals surface area contributed by atoms with Gasteiger partial charge in [-0.3, -0.25) is 0 Å². The zero-order chi connectivity index (χ0) is 32.3.